The maximum atomic E-state index is 13.1. The number of nitrogens with one attached hydrogen (secondary N) is 2. The molecule has 1 aliphatic rings. The van der Waals surface area contributed by atoms with E-state index in [9.17, 15) is 18.0 Å². The van der Waals surface area contributed by atoms with Crippen molar-refractivity contribution in [3.05, 3.63) is 29.3 Å². The maximum Gasteiger partial charge on any atom is 0.404 e. The molecule has 0 spiro atoms. The third-order valence-electron chi connectivity index (χ3n) is 3.25. The zero-order valence-corrected chi connectivity index (χ0v) is 10.6. The first-order valence-electron chi connectivity index (χ1n) is 5.70. The van der Waals surface area contributed by atoms with Gasteiger partial charge in [0.1, 0.15) is 0 Å². The average Bonchev–Trinajstić information content (AvgIpc) is 2.82. The van der Waals surface area contributed by atoms with Crippen molar-refractivity contribution in [2.45, 2.75) is 12.6 Å². The second-order valence-electron chi connectivity index (χ2n) is 4.44. The van der Waals surface area contributed by atoms with Crippen LogP contribution in [0.15, 0.2) is 24.3 Å². The number of amides is 1. The van der Waals surface area contributed by atoms with E-state index in [2.05, 4.69) is 10.6 Å². The number of alkyl halides is 3. The highest BCUT2D eigenvalue weighted by molar-refractivity contribution is 6.33. The fraction of sp³-hybridized carbons (Fsp3) is 0.417. The van der Waals surface area contributed by atoms with Gasteiger partial charge in [0.25, 0.3) is 0 Å². The lowest BCUT2D eigenvalue weighted by Crippen LogP contribution is -2.49. The fourth-order valence-electron chi connectivity index (χ4n) is 2.06. The van der Waals surface area contributed by atoms with Crippen LogP contribution in [-0.2, 0) is 4.79 Å². The summed E-state index contributed by atoms with van der Waals surface area (Å²) < 4.78 is 39.4. The van der Waals surface area contributed by atoms with Crippen molar-refractivity contribution in [1.29, 1.82) is 0 Å². The highest BCUT2D eigenvalue weighted by Crippen LogP contribution is 2.44. The van der Waals surface area contributed by atoms with Crippen molar-refractivity contribution < 1.29 is 18.0 Å². The van der Waals surface area contributed by atoms with Crippen LogP contribution in [0, 0.1) is 5.41 Å². The van der Waals surface area contributed by atoms with Crippen molar-refractivity contribution in [3.63, 3.8) is 0 Å². The summed E-state index contributed by atoms with van der Waals surface area (Å²) in [6.07, 6.45) is -4.87. The normalized spacial score (nSPS) is 23.4. The van der Waals surface area contributed by atoms with E-state index < -0.39 is 24.0 Å². The minimum absolute atomic E-state index is 0.162. The molecule has 1 saturated heterocycles. The molecule has 1 aromatic rings. The number of hydrogen-bond acceptors (Lipinski definition) is 2. The van der Waals surface area contributed by atoms with Gasteiger partial charge < -0.3 is 10.6 Å². The van der Waals surface area contributed by atoms with Crippen LogP contribution in [0.2, 0.25) is 5.02 Å². The number of halogens is 4. The lowest BCUT2D eigenvalue weighted by molar-refractivity contribution is -0.213. The highest BCUT2D eigenvalue weighted by atomic mass is 35.5. The fourth-order valence-corrected chi connectivity index (χ4v) is 2.24. The van der Waals surface area contributed by atoms with Gasteiger partial charge >= 0.3 is 6.18 Å². The standard InChI is InChI=1S/C12H12ClF3N2O/c13-8-3-1-2-4-9(8)18-10(19)11(12(14,15)16)5-6-17-7-11/h1-4,17H,5-7H2,(H,18,19). The van der Waals surface area contributed by atoms with E-state index in [1.54, 1.807) is 12.1 Å². The number of carbonyl (C=O) groups is 1. The largest absolute Gasteiger partial charge is 0.404 e. The Bertz CT molecular complexity index is 484. The van der Waals surface area contributed by atoms with Crippen LogP contribution >= 0.6 is 11.6 Å². The van der Waals surface area contributed by atoms with E-state index in [0.29, 0.717) is 0 Å². The Labute approximate surface area is 113 Å². The van der Waals surface area contributed by atoms with E-state index in [1.165, 1.54) is 12.1 Å². The number of benzene rings is 1. The summed E-state index contributed by atoms with van der Waals surface area (Å²) in [6, 6.07) is 6.19. The Balaban J connectivity index is 2.25. The van der Waals surface area contributed by atoms with E-state index in [4.69, 9.17) is 11.6 Å². The number of carbonyl (C=O) groups excluding carboxylic acids is 1. The molecule has 0 bridgehead atoms. The maximum absolute atomic E-state index is 13.1. The smallest absolute Gasteiger partial charge is 0.324 e. The van der Waals surface area contributed by atoms with E-state index in [0.717, 1.165) is 0 Å². The van der Waals surface area contributed by atoms with Crippen molar-refractivity contribution >= 4 is 23.2 Å². The van der Waals surface area contributed by atoms with Gasteiger partial charge in [-0.25, -0.2) is 0 Å². The summed E-state index contributed by atoms with van der Waals surface area (Å²) in [4.78, 5) is 12.0. The first-order valence-corrected chi connectivity index (χ1v) is 6.08. The van der Waals surface area contributed by atoms with Gasteiger partial charge in [-0.05, 0) is 25.1 Å². The molecule has 1 aromatic carbocycles. The lowest BCUT2D eigenvalue weighted by atomic mass is 9.85. The quantitative estimate of drug-likeness (QED) is 0.880. The van der Waals surface area contributed by atoms with Crippen LogP contribution in [0.3, 0.4) is 0 Å². The molecule has 3 nitrogen and oxygen atoms in total. The first-order chi connectivity index (χ1) is 8.87. The highest BCUT2D eigenvalue weighted by Gasteiger charge is 2.61. The van der Waals surface area contributed by atoms with Crippen LogP contribution in [0.5, 0.6) is 0 Å². The zero-order valence-electron chi connectivity index (χ0n) is 9.85. The zero-order chi connectivity index (χ0) is 14.1. The molecule has 0 aliphatic carbocycles. The first kappa shape index (κ1) is 14.1. The number of rotatable bonds is 2. The molecule has 1 amide bonds. The van der Waals surface area contributed by atoms with Gasteiger partial charge in [0.05, 0.1) is 10.7 Å². The molecule has 104 valence electrons. The second kappa shape index (κ2) is 5.02. The van der Waals surface area contributed by atoms with Gasteiger partial charge in [-0.2, -0.15) is 13.2 Å². The molecule has 2 N–H and O–H groups in total. The second-order valence-corrected chi connectivity index (χ2v) is 4.85. The third-order valence-corrected chi connectivity index (χ3v) is 3.58. The summed E-state index contributed by atoms with van der Waals surface area (Å²) in [5.74, 6) is -1.07. The van der Waals surface area contributed by atoms with Gasteiger partial charge in [-0.15, -0.1) is 0 Å². The van der Waals surface area contributed by atoms with Crippen molar-refractivity contribution in [1.82, 2.24) is 5.32 Å². The summed E-state index contributed by atoms with van der Waals surface area (Å²) in [7, 11) is 0. The SMILES string of the molecule is O=C(Nc1ccccc1Cl)C1(C(F)(F)F)CCNC1. The molecule has 0 saturated carbocycles. The van der Waals surface area contributed by atoms with E-state index in [-0.39, 0.29) is 23.7 Å². The summed E-state index contributed by atoms with van der Waals surface area (Å²) >= 11 is 5.82. The monoisotopic (exact) mass is 292 g/mol. The molecule has 1 fully saturated rings. The molecule has 1 atom stereocenters. The predicted molar refractivity (Wildman–Crippen MR) is 66.1 cm³/mol. The molecule has 1 aliphatic heterocycles. The molecule has 7 heteroatoms. The molecular formula is C12H12ClF3N2O. The van der Waals surface area contributed by atoms with Crippen LogP contribution < -0.4 is 10.6 Å². The molecule has 0 aromatic heterocycles. The van der Waals surface area contributed by atoms with Crippen molar-refractivity contribution in [3.8, 4) is 0 Å². The predicted octanol–water partition coefficient (Wildman–Crippen LogP) is 2.82. The van der Waals surface area contributed by atoms with E-state index >= 15 is 0 Å². The van der Waals surface area contributed by atoms with E-state index in [1.807, 2.05) is 0 Å². The molecule has 2 rings (SSSR count). The summed E-state index contributed by atoms with van der Waals surface area (Å²) in [6.45, 7) is -0.248. The van der Waals surface area contributed by atoms with Crippen LogP contribution in [0.4, 0.5) is 18.9 Å². The third kappa shape index (κ3) is 2.55. The molecule has 1 unspecified atom stereocenters. The topological polar surface area (TPSA) is 41.1 Å². The number of anilines is 1. The van der Waals surface area contributed by atoms with Gasteiger partial charge in [-0.1, -0.05) is 23.7 Å². The average molecular weight is 293 g/mol. The number of hydrogen-bond donors (Lipinski definition) is 2. The Hall–Kier alpha value is -1.27. The van der Waals surface area contributed by atoms with Crippen LogP contribution in [-0.4, -0.2) is 25.2 Å². The van der Waals surface area contributed by atoms with Crippen molar-refractivity contribution in [2.75, 3.05) is 18.4 Å². The van der Waals surface area contributed by atoms with Crippen LogP contribution in [0.25, 0.3) is 0 Å². The summed E-state index contributed by atoms with van der Waals surface area (Å²) in [5, 5.41) is 5.06. The van der Waals surface area contributed by atoms with Gasteiger partial charge in [0.2, 0.25) is 5.91 Å². The van der Waals surface area contributed by atoms with Crippen LogP contribution in [0.1, 0.15) is 6.42 Å². The van der Waals surface area contributed by atoms with Crippen molar-refractivity contribution in [2.24, 2.45) is 5.41 Å². The Kier molecular flexibility index (Phi) is 3.73. The molecule has 0 radical (unpaired) electrons. The van der Waals surface area contributed by atoms with Gasteiger partial charge in [0.15, 0.2) is 5.41 Å². The number of para-hydroxylation sites is 1. The van der Waals surface area contributed by atoms with Gasteiger partial charge in [-0.3, -0.25) is 4.79 Å². The Morgan fingerprint density at radius 3 is 2.58 bits per heavy atom. The molecule has 1 heterocycles. The lowest BCUT2D eigenvalue weighted by Gasteiger charge is -2.29. The molecular weight excluding hydrogens is 281 g/mol. The summed E-state index contributed by atoms with van der Waals surface area (Å²) in [5.41, 5.74) is -2.20. The minimum Gasteiger partial charge on any atom is -0.324 e. The Morgan fingerprint density at radius 1 is 1.37 bits per heavy atom. The Morgan fingerprint density at radius 2 is 2.05 bits per heavy atom. The van der Waals surface area contributed by atoms with Gasteiger partial charge in [0, 0.05) is 6.54 Å². The minimum atomic E-state index is -4.60. The molecule has 19 heavy (non-hydrogen) atoms.